The lowest BCUT2D eigenvalue weighted by molar-refractivity contribution is -0.141. The van der Waals surface area contributed by atoms with Crippen LogP contribution >= 0.6 is 11.6 Å². The average Bonchev–Trinajstić information content (AvgIpc) is 3.06. The van der Waals surface area contributed by atoms with Gasteiger partial charge < -0.3 is 9.64 Å². The lowest BCUT2D eigenvalue weighted by Crippen LogP contribution is -2.37. The van der Waals surface area contributed by atoms with E-state index in [4.69, 9.17) is 16.3 Å². The van der Waals surface area contributed by atoms with Crippen molar-refractivity contribution in [2.75, 3.05) is 25.1 Å². The van der Waals surface area contributed by atoms with Crippen LogP contribution in [-0.2, 0) is 6.18 Å². The summed E-state index contributed by atoms with van der Waals surface area (Å²) < 4.78 is 44.5. The Morgan fingerprint density at radius 1 is 1.38 bits per heavy atom. The van der Waals surface area contributed by atoms with Gasteiger partial charge in [-0.15, -0.1) is 0 Å². The van der Waals surface area contributed by atoms with E-state index in [0.717, 1.165) is 18.9 Å². The van der Waals surface area contributed by atoms with Gasteiger partial charge >= 0.3 is 12.2 Å². The number of nitrogens with zero attached hydrogens (tertiary/aromatic N) is 5. The third-order valence-electron chi connectivity index (χ3n) is 3.86. The molecule has 24 heavy (non-hydrogen) atoms. The minimum atomic E-state index is -4.44. The first-order valence-electron chi connectivity index (χ1n) is 7.32. The summed E-state index contributed by atoms with van der Waals surface area (Å²) in [5.41, 5.74) is -0.888. The van der Waals surface area contributed by atoms with Crippen molar-refractivity contribution in [1.29, 1.82) is 0 Å². The molecule has 0 amide bonds. The summed E-state index contributed by atoms with van der Waals surface area (Å²) in [7, 11) is 1.45. The summed E-state index contributed by atoms with van der Waals surface area (Å²) in [5, 5.41) is 4.03. The Bertz CT molecular complexity index is 721. The number of aromatic nitrogens is 4. The maximum atomic E-state index is 12.7. The molecule has 1 atom stereocenters. The van der Waals surface area contributed by atoms with Crippen LogP contribution in [0.5, 0.6) is 6.01 Å². The molecule has 6 nitrogen and oxygen atoms in total. The summed E-state index contributed by atoms with van der Waals surface area (Å²) in [6.07, 6.45) is -0.117. The van der Waals surface area contributed by atoms with Crippen molar-refractivity contribution in [3.63, 3.8) is 0 Å². The van der Waals surface area contributed by atoms with Gasteiger partial charge in [-0.1, -0.05) is 11.6 Å². The number of alkyl halides is 3. The van der Waals surface area contributed by atoms with E-state index in [1.165, 1.54) is 24.2 Å². The van der Waals surface area contributed by atoms with E-state index < -0.39 is 11.9 Å². The highest BCUT2D eigenvalue weighted by atomic mass is 35.5. The summed E-state index contributed by atoms with van der Waals surface area (Å²) in [6.45, 7) is 1.16. The van der Waals surface area contributed by atoms with Crippen LogP contribution in [0.15, 0.2) is 18.5 Å². The smallest absolute Gasteiger partial charge is 0.435 e. The SMILES string of the molecule is COc1ncc(Cl)c(N2CCCC(n3ccc(C(F)(F)F)n3)C2)n1. The number of methoxy groups -OCH3 is 1. The maximum Gasteiger partial charge on any atom is 0.435 e. The van der Waals surface area contributed by atoms with E-state index in [9.17, 15) is 13.2 Å². The topological polar surface area (TPSA) is 56.1 Å². The molecule has 1 saturated heterocycles. The second-order valence-corrected chi connectivity index (χ2v) is 5.86. The van der Waals surface area contributed by atoms with Crippen LogP contribution in [0.3, 0.4) is 0 Å². The van der Waals surface area contributed by atoms with Crippen LogP contribution in [0.4, 0.5) is 19.0 Å². The highest BCUT2D eigenvalue weighted by Crippen LogP contribution is 2.32. The molecule has 0 saturated carbocycles. The van der Waals surface area contributed by atoms with Crippen LogP contribution in [-0.4, -0.2) is 39.9 Å². The van der Waals surface area contributed by atoms with Crippen molar-refractivity contribution in [2.24, 2.45) is 0 Å². The van der Waals surface area contributed by atoms with E-state index in [-0.39, 0.29) is 12.1 Å². The van der Waals surface area contributed by atoms with Crippen molar-refractivity contribution < 1.29 is 17.9 Å². The van der Waals surface area contributed by atoms with E-state index in [1.807, 2.05) is 4.90 Å². The molecule has 0 radical (unpaired) electrons. The first-order chi connectivity index (χ1) is 11.4. The number of piperidine rings is 1. The first-order valence-corrected chi connectivity index (χ1v) is 7.70. The second kappa shape index (κ2) is 6.46. The summed E-state index contributed by atoms with van der Waals surface area (Å²) >= 11 is 6.15. The van der Waals surface area contributed by atoms with Crippen LogP contribution in [0.1, 0.15) is 24.6 Å². The summed E-state index contributed by atoms with van der Waals surface area (Å²) in [4.78, 5) is 10.1. The molecular weight excluding hydrogens is 347 g/mol. The lowest BCUT2D eigenvalue weighted by atomic mass is 10.1. The van der Waals surface area contributed by atoms with Crippen molar-refractivity contribution in [3.8, 4) is 6.01 Å². The van der Waals surface area contributed by atoms with E-state index >= 15 is 0 Å². The predicted molar refractivity (Wildman–Crippen MR) is 81.3 cm³/mol. The van der Waals surface area contributed by atoms with Crippen molar-refractivity contribution in [3.05, 3.63) is 29.2 Å². The maximum absolute atomic E-state index is 12.7. The number of halogens is 4. The molecule has 3 rings (SSSR count). The van der Waals surface area contributed by atoms with Crippen LogP contribution in [0, 0.1) is 0 Å². The quantitative estimate of drug-likeness (QED) is 0.840. The zero-order valence-corrected chi connectivity index (χ0v) is 13.5. The van der Waals surface area contributed by atoms with E-state index in [1.54, 1.807) is 0 Å². The van der Waals surface area contributed by atoms with Crippen LogP contribution in [0.2, 0.25) is 5.02 Å². The van der Waals surface area contributed by atoms with Gasteiger partial charge in [-0.2, -0.15) is 23.3 Å². The fourth-order valence-corrected chi connectivity index (χ4v) is 2.93. The molecule has 130 valence electrons. The molecule has 0 aromatic carbocycles. The third-order valence-corrected chi connectivity index (χ3v) is 4.12. The zero-order chi connectivity index (χ0) is 17.3. The fraction of sp³-hybridized carbons (Fsp3) is 0.500. The molecular formula is C14H15ClF3N5O. The highest BCUT2D eigenvalue weighted by molar-refractivity contribution is 6.32. The standard InChI is InChI=1S/C14H15ClF3N5O/c1-24-13-19-7-10(15)12(20-13)22-5-2-3-9(8-22)23-6-4-11(21-23)14(16,17)18/h4,6-7,9H,2-3,5,8H2,1H3. The van der Waals surface area contributed by atoms with Gasteiger partial charge in [-0.05, 0) is 18.9 Å². The molecule has 3 heterocycles. The largest absolute Gasteiger partial charge is 0.467 e. The molecule has 0 spiro atoms. The molecule has 2 aromatic rings. The minimum absolute atomic E-state index is 0.188. The van der Waals surface area contributed by atoms with Crippen LogP contribution < -0.4 is 9.64 Å². The van der Waals surface area contributed by atoms with Gasteiger partial charge in [0.2, 0.25) is 0 Å². The third kappa shape index (κ3) is 3.40. The van der Waals surface area contributed by atoms with Crippen molar-refractivity contribution >= 4 is 17.4 Å². The molecule has 2 aromatic heterocycles. The number of rotatable bonds is 3. The molecule has 1 unspecified atom stereocenters. The lowest BCUT2D eigenvalue weighted by Gasteiger charge is -2.34. The Morgan fingerprint density at radius 3 is 2.83 bits per heavy atom. The average molecular weight is 362 g/mol. The fourth-order valence-electron chi connectivity index (χ4n) is 2.72. The number of ether oxygens (including phenoxy) is 1. The van der Waals surface area contributed by atoms with Crippen molar-refractivity contribution in [1.82, 2.24) is 19.7 Å². The summed E-state index contributed by atoms with van der Waals surface area (Å²) in [5.74, 6) is 0.511. The van der Waals surface area contributed by atoms with Gasteiger partial charge in [0, 0.05) is 19.3 Å². The van der Waals surface area contributed by atoms with Gasteiger partial charge in [0.05, 0.1) is 19.3 Å². The Balaban J connectivity index is 1.81. The normalized spacial score (nSPS) is 18.7. The highest BCUT2D eigenvalue weighted by Gasteiger charge is 2.34. The number of anilines is 1. The van der Waals surface area contributed by atoms with E-state index in [2.05, 4.69) is 15.1 Å². The molecule has 0 aliphatic carbocycles. The molecule has 0 bridgehead atoms. The molecule has 0 N–H and O–H groups in total. The van der Waals surface area contributed by atoms with Gasteiger partial charge in [0.15, 0.2) is 11.5 Å². The second-order valence-electron chi connectivity index (χ2n) is 5.45. The molecule has 1 aliphatic rings. The van der Waals surface area contributed by atoms with Crippen molar-refractivity contribution in [2.45, 2.75) is 25.1 Å². The van der Waals surface area contributed by atoms with Gasteiger partial charge in [-0.25, -0.2) is 4.98 Å². The van der Waals surface area contributed by atoms with Gasteiger partial charge in [0.1, 0.15) is 5.02 Å². The van der Waals surface area contributed by atoms with Gasteiger partial charge in [-0.3, -0.25) is 4.68 Å². The van der Waals surface area contributed by atoms with Gasteiger partial charge in [0.25, 0.3) is 0 Å². The Labute approximate surface area is 141 Å². The number of hydrogen-bond donors (Lipinski definition) is 0. The van der Waals surface area contributed by atoms with E-state index in [0.29, 0.717) is 23.9 Å². The molecule has 10 heteroatoms. The number of hydrogen-bond acceptors (Lipinski definition) is 5. The molecule has 1 aliphatic heterocycles. The monoisotopic (exact) mass is 361 g/mol. The first kappa shape index (κ1) is 16.8. The Kier molecular flexibility index (Phi) is 4.53. The minimum Gasteiger partial charge on any atom is -0.467 e. The van der Waals surface area contributed by atoms with Crippen LogP contribution in [0.25, 0.3) is 0 Å². The predicted octanol–water partition coefficient (Wildman–Crippen LogP) is 3.20. The molecule has 1 fully saturated rings. The Hall–Kier alpha value is -2.03. The summed E-state index contributed by atoms with van der Waals surface area (Å²) in [6, 6.07) is 0.987. The Morgan fingerprint density at radius 2 is 2.17 bits per heavy atom. The zero-order valence-electron chi connectivity index (χ0n) is 12.8.